The first-order valence-corrected chi connectivity index (χ1v) is 13.1. The Morgan fingerprint density at radius 1 is 0.758 bits per heavy atom. The lowest BCUT2D eigenvalue weighted by Gasteiger charge is -2.15. The molecule has 0 aliphatic rings. The fourth-order valence-electron chi connectivity index (χ4n) is 3.65. The molecule has 0 atom stereocenters. The average molecular weight is 512 g/mol. The van der Waals surface area contributed by atoms with Gasteiger partial charge in [0.1, 0.15) is 0 Å². The first-order valence-electron chi connectivity index (χ1n) is 13.1. The lowest BCUT2D eigenvalue weighted by molar-refractivity contribution is -0.121. The van der Waals surface area contributed by atoms with Gasteiger partial charge in [-0.3, -0.25) is 4.79 Å². The van der Waals surface area contributed by atoms with Crippen LogP contribution in [0.15, 0.2) is 12.2 Å². The van der Waals surface area contributed by atoms with Gasteiger partial charge in [0.2, 0.25) is 5.91 Å². The van der Waals surface area contributed by atoms with E-state index >= 15 is 0 Å². The maximum atomic E-state index is 11.9. The number of unbranched alkanes of at least 4 members (excludes halogenated alkanes) is 9. The van der Waals surface area contributed by atoms with Crippen LogP contribution in [0, 0.1) is 0 Å². The lowest BCUT2D eigenvalue weighted by Crippen LogP contribution is -2.25. The number of nitrogens with two attached hydrogens (primary N) is 1. The molecule has 200 valence electrons. The number of carbonyl (C=O) groups excluding carboxylic acids is 1. The Labute approximate surface area is 218 Å². The predicted molar refractivity (Wildman–Crippen MR) is 151 cm³/mol. The normalized spacial score (nSPS) is 11.1. The standard InChI is InChI=1S/C26H54N4O.2ClH/c1-4-5-6-7-8-9-10-11-13-19-26(31)28-21-14-17-24-29(2)22-15-12-16-23-30(3)25-18-20-27;;/h12,15H,4-11,13-14,16-25,27H2,1-3H3,(H,28,31);2*1H. The van der Waals surface area contributed by atoms with E-state index in [9.17, 15) is 4.79 Å². The number of nitrogens with one attached hydrogen (secondary N) is 1. The molecule has 0 bridgehead atoms. The maximum absolute atomic E-state index is 11.9. The summed E-state index contributed by atoms with van der Waals surface area (Å²) in [7, 11) is 4.32. The van der Waals surface area contributed by atoms with Crippen LogP contribution >= 0.6 is 24.8 Å². The van der Waals surface area contributed by atoms with Crippen molar-refractivity contribution in [3.8, 4) is 0 Å². The molecule has 0 spiro atoms. The molecule has 0 unspecified atom stereocenters. The molecule has 7 heteroatoms. The molecule has 0 aliphatic heterocycles. The molecule has 0 heterocycles. The van der Waals surface area contributed by atoms with E-state index in [2.05, 4.69) is 48.3 Å². The van der Waals surface area contributed by atoms with Crippen LogP contribution in [0.3, 0.4) is 0 Å². The Bertz CT molecular complexity index is 425. The number of amides is 1. The van der Waals surface area contributed by atoms with Crippen molar-refractivity contribution in [2.75, 3.05) is 53.4 Å². The quantitative estimate of drug-likeness (QED) is 0.134. The van der Waals surface area contributed by atoms with Crippen molar-refractivity contribution in [2.24, 2.45) is 5.73 Å². The third kappa shape index (κ3) is 29.6. The van der Waals surface area contributed by atoms with Crippen LogP contribution in [0.25, 0.3) is 0 Å². The SMILES string of the molecule is CCCCCCCCCCCC(=O)NCCCCN(C)CC=CCCN(C)CCCN.Cl.Cl. The Morgan fingerprint density at radius 2 is 1.36 bits per heavy atom. The van der Waals surface area contributed by atoms with Gasteiger partial charge in [-0.05, 0) is 65.8 Å². The van der Waals surface area contributed by atoms with Gasteiger partial charge in [0.15, 0.2) is 0 Å². The molecule has 0 aliphatic carbocycles. The van der Waals surface area contributed by atoms with E-state index < -0.39 is 0 Å². The van der Waals surface area contributed by atoms with Crippen LogP contribution < -0.4 is 11.1 Å². The summed E-state index contributed by atoms with van der Waals surface area (Å²) in [6.45, 7) is 8.10. The number of nitrogens with zero attached hydrogens (tertiary/aromatic N) is 2. The molecule has 33 heavy (non-hydrogen) atoms. The highest BCUT2D eigenvalue weighted by Gasteiger charge is 2.01. The summed E-state index contributed by atoms with van der Waals surface area (Å²) in [5.74, 6) is 0.232. The zero-order valence-corrected chi connectivity index (χ0v) is 23.6. The first kappa shape index (κ1) is 37.2. The van der Waals surface area contributed by atoms with Crippen molar-refractivity contribution < 1.29 is 4.79 Å². The number of hydrogen-bond acceptors (Lipinski definition) is 4. The summed E-state index contributed by atoms with van der Waals surface area (Å²) in [4.78, 5) is 16.6. The Morgan fingerprint density at radius 3 is 2.00 bits per heavy atom. The number of likely N-dealkylation sites (N-methyl/N-ethyl adjacent to an activating group) is 1. The van der Waals surface area contributed by atoms with E-state index in [0.29, 0.717) is 6.42 Å². The van der Waals surface area contributed by atoms with Gasteiger partial charge in [-0.25, -0.2) is 0 Å². The molecule has 5 nitrogen and oxygen atoms in total. The molecular formula is C26H56Cl2N4O. The summed E-state index contributed by atoms with van der Waals surface area (Å²) >= 11 is 0. The molecule has 1 amide bonds. The molecule has 0 saturated carbocycles. The van der Waals surface area contributed by atoms with Crippen molar-refractivity contribution in [3.05, 3.63) is 12.2 Å². The van der Waals surface area contributed by atoms with Crippen LogP contribution in [-0.4, -0.2) is 69.1 Å². The first-order chi connectivity index (χ1) is 15.1. The number of rotatable bonds is 23. The van der Waals surface area contributed by atoms with Crippen molar-refractivity contribution >= 4 is 30.7 Å². The molecule has 0 fully saturated rings. The topological polar surface area (TPSA) is 61.6 Å². The van der Waals surface area contributed by atoms with Crippen LogP contribution in [0.4, 0.5) is 0 Å². The van der Waals surface area contributed by atoms with Gasteiger partial charge in [0.05, 0.1) is 0 Å². The van der Waals surface area contributed by atoms with Crippen LogP contribution in [-0.2, 0) is 4.79 Å². The van der Waals surface area contributed by atoms with Crippen LogP contribution in [0.1, 0.15) is 96.8 Å². The smallest absolute Gasteiger partial charge is 0.219 e. The highest BCUT2D eigenvalue weighted by Crippen LogP contribution is 2.10. The summed E-state index contributed by atoms with van der Waals surface area (Å²) in [5.41, 5.74) is 5.54. The summed E-state index contributed by atoms with van der Waals surface area (Å²) in [6, 6.07) is 0. The minimum absolute atomic E-state index is 0. The van der Waals surface area contributed by atoms with E-state index in [0.717, 1.165) is 71.4 Å². The zero-order valence-electron chi connectivity index (χ0n) is 22.0. The van der Waals surface area contributed by atoms with Gasteiger partial charge in [0.25, 0.3) is 0 Å². The monoisotopic (exact) mass is 510 g/mol. The van der Waals surface area contributed by atoms with Gasteiger partial charge >= 0.3 is 0 Å². The Balaban J connectivity index is -0.00000450. The van der Waals surface area contributed by atoms with Gasteiger partial charge in [-0.15, -0.1) is 24.8 Å². The molecular weight excluding hydrogens is 455 g/mol. The van der Waals surface area contributed by atoms with Gasteiger partial charge < -0.3 is 20.9 Å². The second kappa shape index (κ2) is 29.7. The number of halogens is 2. The largest absolute Gasteiger partial charge is 0.356 e. The molecule has 0 saturated heterocycles. The van der Waals surface area contributed by atoms with Crippen molar-refractivity contribution in [1.29, 1.82) is 0 Å². The Kier molecular flexibility index (Phi) is 33.5. The van der Waals surface area contributed by atoms with Crippen molar-refractivity contribution in [2.45, 2.75) is 96.8 Å². The molecule has 0 aromatic carbocycles. The molecule has 0 aromatic heterocycles. The lowest BCUT2D eigenvalue weighted by atomic mass is 10.1. The van der Waals surface area contributed by atoms with Gasteiger partial charge in [-0.2, -0.15) is 0 Å². The van der Waals surface area contributed by atoms with Crippen molar-refractivity contribution in [3.63, 3.8) is 0 Å². The number of hydrogen-bond donors (Lipinski definition) is 2. The third-order valence-corrected chi connectivity index (χ3v) is 5.80. The summed E-state index contributed by atoms with van der Waals surface area (Å²) < 4.78 is 0. The van der Waals surface area contributed by atoms with E-state index in [1.54, 1.807) is 0 Å². The predicted octanol–water partition coefficient (Wildman–Crippen LogP) is 5.81. The fraction of sp³-hybridized carbons (Fsp3) is 0.885. The van der Waals surface area contributed by atoms with E-state index in [-0.39, 0.29) is 30.7 Å². The zero-order chi connectivity index (χ0) is 23.0. The number of carbonyl (C=O) groups is 1. The minimum atomic E-state index is 0. The van der Waals surface area contributed by atoms with E-state index in [4.69, 9.17) is 5.73 Å². The molecule has 0 radical (unpaired) electrons. The van der Waals surface area contributed by atoms with E-state index in [1.807, 2.05) is 0 Å². The minimum Gasteiger partial charge on any atom is -0.356 e. The molecule has 0 aromatic rings. The van der Waals surface area contributed by atoms with Gasteiger partial charge in [0, 0.05) is 26.1 Å². The second-order valence-corrected chi connectivity index (χ2v) is 9.10. The summed E-state index contributed by atoms with van der Waals surface area (Å²) in [5, 5.41) is 3.08. The highest BCUT2D eigenvalue weighted by atomic mass is 35.5. The highest BCUT2D eigenvalue weighted by molar-refractivity contribution is 5.85. The van der Waals surface area contributed by atoms with Gasteiger partial charge in [-0.1, -0.05) is 70.4 Å². The third-order valence-electron chi connectivity index (χ3n) is 5.80. The van der Waals surface area contributed by atoms with Crippen LogP contribution in [0.5, 0.6) is 0 Å². The Hall–Kier alpha value is -0.330. The van der Waals surface area contributed by atoms with E-state index in [1.165, 1.54) is 51.4 Å². The maximum Gasteiger partial charge on any atom is 0.219 e. The second-order valence-electron chi connectivity index (χ2n) is 9.10. The molecule has 0 rings (SSSR count). The average Bonchev–Trinajstić information content (AvgIpc) is 2.76. The van der Waals surface area contributed by atoms with Crippen LogP contribution in [0.2, 0.25) is 0 Å². The van der Waals surface area contributed by atoms with Crippen molar-refractivity contribution in [1.82, 2.24) is 15.1 Å². The molecule has 3 N–H and O–H groups in total. The fourth-order valence-corrected chi connectivity index (χ4v) is 3.65. The summed E-state index contributed by atoms with van der Waals surface area (Å²) in [6.07, 6.45) is 21.3.